The molecule has 0 atom stereocenters. The normalized spacial score (nSPS) is 18.4. The lowest BCUT2D eigenvalue weighted by Gasteiger charge is -2.38. The van der Waals surface area contributed by atoms with Gasteiger partial charge in [-0.1, -0.05) is 25.1 Å². The number of benzene rings is 1. The molecule has 0 bridgehead atoms. The highest BCUT2D eigenvalue weighted by molar-refractivity contribution is 5.95. The Labute approximate surface area is 127 Å². The second-order valence-corrected chi connectivity index (χ2v) is 6.49. The molecule has 116 valence electrons. The Kier molecular flexibility index (Phi) is 5.37. The van der Waals surface area contributed by atoms with Gasteiger partial charge in [-0.15, -0.1) is 0 Å². The van der Waals surface area contributed by atoms with E-state index in [9.17, 15) is 4.79 Å². The molecule has 0 unspecified atom stereocenters. The molecule has 1 heterocycles. The highest BCUT2D eigenvalue weighted by Gasteiger charge is 2.29. The predicted octanol–water partition coefficient (Wildman–Crippen LogP) is 1.65. The molecule has 1 aromatic carbocycles. The highest BCUT2D eigenvalue weighted by Crippen LogP contribution is 2.29. The van der Waals surface area contributed by atoms with E-state index < -0.39 is 0 Å². The van der Waals surface area contributed by atoms with Gasteiger partial charge in [0.05, 0.1) is 0 Å². The molecule has 0 saturated carbocycles. The van der Waals surface area contributed by atoms with Crippen LogP contribution in [0.2, 0.25) is 0 Å². The van der Waals surface area contributed by atoms with Crippen molar-refractivity contribution in [1.82, 2.24) is 10.2 Å². The van der Waals surface area contributed by atoms with Crippen LogP contribution >= 0.6 is 0 Å². The minimum atomic E-state index is 0.0270. The number of rotatable bonds is 5. The molecule has 0 spiro atoms. The van der Waals surface area contributed by atoms with Gasteiger partial charge in [-0.25, -0.2) is 0 Å². The predicted molar refractivity (Wildman–Crippen MR) is 86.4 cm³/mol. The van der Waals surface area contributed by atoms with Gasteiger partial charge in [0.1, 0.15) is 0 Å². The van der Waals surface area contributed by atoms with Crippen molar-refractivity contribution >= 4 is 5.91 Å². The van der Waals surface area contributed by atoms with Crippen LogP contribution in [-0.2, 0) is 6.42 Å². The lowest BCUT2D eigenvalue weighted by atomic mass is 9.80. The van der Waals surface area contributed by atoms with Crippen LogP contribution in [0.3, 0.4) is 0 Å². The molecule has 4 nitrogen and oxygen atoms in total. The van der Waals surface area contributed by atoms with Crippen molar-refractivity contribution in [2.24, 2.45) is 11.1 Å². The van der Waals surface area contributed by atoms with Gasteiger partial charge in [-0.2, -0.15) is 0 Å². The van der Waals surface area contributed by atoms with E-state index in [1.54, 1.807) is 0 Å². The number of hydrogen-bond acceptors (Lipinski definition) is 3. The maximum Gasteiger partial charge on any atom is 0.251 e. The Morgan fingerprint density at radius 2 is 2.00 bits per heavy atom. The number of carbonyl (C=O) groups is 1. The third kappa shape index (κ3) is 4.29. The molecular formula is C17H27N3O. The topological polar surface area (TPSA) is 58.4 Å². The van der Waals surface area contributed by atoms with Gasteiger partial charge in [-0.3, -0.25) is 4.79 Å². The number of piperidine rings is 1. The number of nitrogens with one attached hydrogen (secondary N) is 1. The van der Waals surface area contributed by atoms with Gasteiger partial charge >= 0.3 is 0 Å². The smallest absolute Gasteiger partial charge is 0.251 e. The summed E-state index contributed by atoms with van der Waals surface area (Å²) in [5, 5.41) is 3.12. The zero-order valence-corrected chi connectivity index (χ0v) is 13.2. The Morgan fingerprint density at radius 3 is 2.67 bits per heavy atom. The van der Waals surface area contributed by atoms with Gasteiger partial charge in [0.2, 0.25) is 0 Å². The first-order valence-electron chi connectivity index (χ1n) is 7.79. The summed E-state index contributed by atoms with van der Waals surface area (Å²) in [7, 11) is 2.15. The van der Waals surface area contributed by atoms with Crippen LogP contribution in [0.5, 0.6) is 0 Å². The molecule has 1 fully saturated rings. The van der Waals surface area contributed by atoms with E-state index >= 15 is 0 Å². The zero-order chi connectivity index (χ0) is 15.3. The Hall–Kier alpha value is -1.39. The zero-order valence-electron chi connectivity index (χ0n) is 13.2. The number of nitrogens with two attached hydrogens (primary N) is 1. The van der Waals surface area contributed by atoms with Crippen molar-refractivity contribution in [3.05, 3.63) is 35.4 Å². The average molecular weight is 289 g/mol. The number of nitrogens with zero attached hydrogens (tertiary/aromatic N) is 1. The Bertz CT molecular complexity index is 479. The van der Waals surface area contributed by atoms with Crippen LogP contribution in [0.15, 0.2) is 24.3 Å². The van der Waals surface area contributed by atoms with Crippen molar-refractivity contribution in [1.29, 1.82) is 0 Å². The van der Waals surface area contributed by atoms with Crippen LogP contribution in [0.1, 0.15) is 35.7 Å². The second-order valence-electron chi connectivity index (χ2n) is 6.49. The molecule has 2 rings (SSSR count). The lowest BCUT2D eigenvalue weighted by molar-refractivity contribution is 0.0890. The summed E-state index contributed by atoms with van der Waals surface area (Å²) in [6.07, 6.45) is 3.01. The van der Waals surface area contributed by atoms with Crippen LogP contribution in [0, 0.1) is 5.41 Å². The van der Waals surface area contributed by atoms with Crippen LogP contribution in [-0.4, -0.2) is 44.0 Å². The maximum atomic E-state index is 12.4. The number of amides is 1. The minimum Gasteiger partial charge on any atom is -0.351 e. The quantitative estimate of drug-likeness (QED) is 0.866. The van der Waals surface area contributed by atoms with Crippen LogP contribution in [0.4, 0.5) is 0 Å². The lowest BCUT2D eigenvalue weighted by Crippen LogP contribution is -2.43. The fourth-order valence-corrected chi connectivity index (χ4v) is 2.84. The van der Waals surface area contributed by atoms with E-state index in [0.717, 1.165) is 50.0 Å². The third-order valence-electron chi connectivity index (χ3n) is 4.55. The molecule has 3 N–H and O–H groups in total. The third-order valence-corrected chi connectivity index (χ3v) is 4.55. The van der Waals surface area contributed by atoms with Crippen LogP contribution in [0.25, 0.3) is 0 Å². The van der Waals surface area contributed by atoms with Gasteiger partial charge < -0.3 is 16.0 Å². The first-order valence-corrected chi connectivity index (χ1v) is 7.79. The summed E-state index contributed by atoms with van der Waals surface area (Å²) < 4.78 is 0. The summed E-state index contributed by atoms with van der Waals surface area (Å²) in [6.45, 7) is 5.79. The molecule has 0 aliphatic carbocycles. The summed E-state index contributed by atoms with van der Waals surface area (Å²) in [6, 6.07) is 7.74. The monoisotopic (exact) mass is 289 g/mol. The number of likely N-dealkylation sites (tertiary alicyclic amines) is 1. The largest absolute Gasteiger partial charge is 0.351 e. The molecule has 4 heteroatoms. The summed E-state index contributed by atoms with van der Waals surface area (Å²) in [5.41, 5.74) is 7.63. The molecule has 1 amide bonds. The molecule has 1 aliphatic heterocycles. The van der Waals surface area contributed by atoms with Gasteiger partial charge in [0.15, 0.2) is 0 Å². The molecule has 1 saturated heterocycles. The second kappa shape index (κ2) is 7.05. The fraction of sp³-hybridized carbons (Fsp3) is 0.588. The minimum absolute atomic E-state index is 0.0270. The van der Waals surface area contributed by atoms with Crippen molar-refractivity contribution in [2.45, 2.75) is 26.2 Å². The van der Waals surface area contributed by atoms with E-state index in [1.165, 1.54) is 0 Å². The fourth-order valence-electron chi connectivity index (χ4n) is 2.84. The van der Waals surface area contributed by atoms with E-state index in [4.69, 9.17) is 5.73 Å². The van der Waals surface area contributed by atoms with Crippen LogP contribution < -0.4 is 11.1 Å². The van der Waals surface area contributed by atoms with E-state index in [1.807, 2.05) is 24.3 Å². The Balaban J connectivity index is 1.96. The van der Waals surface area contributed by atoms with Gasteiger partial charge in [0.25, 0.3) is 5.91 Å². The molecule has 1 aromatic rings. The van der Waals surface area contributed by atoms with Crippen molar-refractivity contribution in [2.75, 3.05) is 33.2 Å². The molecule has 1 aliphatic rings. The van der Waals surface area contributed by atoms with Crippen molar-refractivity contribution < 1.29 is 4.79 Å². The molecule has 0 radical (unpaired) electrons. The molecule has 21 heavy (non-hydrogen) atoms. The van der Waals surface area contributed by atoms with E-state index in [0.29, 0.717) is 6.54 Å². The Morgan fingerprint density at radius 1 is 1.33 bits per heavy atom. The molecular weight excluding hydrogens is 262 g/mol. The average Bonchev–Trinajstić information content (AvgIpc) is 2.49. The van der Waals surface area contributed by atoms with E-state index in [2.05, 4.69) is 24.2 Å². The highest BCUT2D eigenvalue weighted by atomic mass is 16.1. The summed E-state index contributed by atoms with van der Waals surface area (Å²) >= 11 is 0. The SMILES string of the molecule is CN1CCC(C)(CNC(=O)c2ccccc2CCN)CC1. The van der Waals surface area contributed by atoms with Gasteiger partial charge in [-0.05, 0) is 63.0 Å². The van der Waals surface area contributed by atoms with Gasteiger partial charge in [0, 0.05) is 12.1 Å². The molecule has 0 aromatic heterocycles. The number of carbonyl (C=O) groups excluding carboxylic acids is 1. The first kappa shape index (κ1) is 16.0. The van der Waals surface area contributed by atoms with Crippen molar-refractivity contribution in [3.63, 3.8) is 0 Å². The standard InChI is InChI=1S/C17H27N3O/c1-17(8-11-20(2)12-9-17)13-19-16(21)15-6-4-3-5-14(15)7-10-18/h3-6H,7-13,18H2,1-2H3,(H,19,21). The first-order chi connectivity index (χ1) is 10.0. The summed E-state index contributed by atoms with van der Waals surface area (Å²) in [5.74, 6) is 0.0270. The number of hydrogen-bond donors (Lipinski definition) is 2. The summed E-state index contributed by atoms with van der Waals surface area (Å²) in [4.78, 5) is 14.8. The maximum absolute atomic E-state index is 12.4. The van der Waals surface area contributed by atoms with Crippen molar-refractivity contribution in [3.8, 4) is 0 Å². The van der Waals surface area contributed by atoms with E-state index in [-0.39, 0.29) is 11.3 Å².